The minimum absolute atomic E-state index is 0.00885. The van der Waals surface area contributed by atoms with Crippen molar-refractivity contribution < 1.29 is 23.6 Å². The second kappa shape index (κ2) is 10.2. The standard InChI is InChI=1S/C25H23Cl2FN2O4/c26-14-13-21(22(31)15-7-11-18(28)12-8-15)29(23(32)16-5-9-17(27)10-6-16)30-24(33)19-3-1-2-4-20(19)25(30)34/h5-12,19-21H,1-4,13-14H2/t19-,20-,21-/m0/s1. The normalized spacial score (nSPS) is 20.7. The van der Waals surface area contributed by atoms with Crippen LogP contribution >= 0.6 is 23.2 Å². The lowest BCUT2D eigenvalue weighted by atomic mass is 9.81. The summed E-state index contributed by atoms with van der Waals surface area (Å²) in [4.78, 5) is 54.0. The van der Waals surface area contributed by atoms with Crippen LogP contribution in [0.25, 0.3) is 0 Å². The summed E-state index contributed by atoms with van der Waals surface area (Å²) >= 11 is 12.0. The zero-order valence-electron chi connectivity index (χ0n) is 18.3. The number of rotatable bonds is 7. The van der Waals surface area contributed by atoms with Gasteiger partial charge in [-0.25, -0.2) is 9.40 Å². The third-order valence-corrected chi connectivity index (χ3v) is 6.91. The molecule has 2 aliphatic rings. The third-order valence-electron chi connectivity index (χ3n) is 6.44. The maximum atomic E-state index is 13.7. The quantitative estimate of drug-likeness (QED) is 0.305. The number of imide groups is 1. The summed E-state index contributed by atoms with van der Waals surface area (Å²) < 4.78 is 13.5. The summed E-state index contributed by atoms with van der Waals surface area (Å²) in [5, 5.41) is 2.22. The van der Waals surface area contributed by atoms with E-state index in [0.717, 1.165) is 35.0 Å². The maximum Gasteiger partial charge on any atom is 0.273 e. The van der Waals surface area contributed by atoms with Crippen molar-refractivity contribution >= 4 is 46.7 Å². The lowest BCUT2D eigenvalue weighted by molar-refractivity contribution is -0.156. The molecule has 1 aliphatic carbocycles. The number of hydrazine groups is 1. The number of halogens is 3. The van der Waals surface area contributed by atoms with Crippen LogP contribution in [0.5, 0.6) is 0 Å². The van der Waals surface area contributed by atoms with Crippen molar-refractivity contribution in [1.29, 1.82) is 0 Å². The average Bonchev–Trinajstić information content (AvgIpc) is 3.09. The molecule has 0 unspecified atom stereocenters. The van der Waals surface area contributed by atoms with Gasteiger partial charge in [0.25, 0.3) is 17.7 Å². The van der Waals surface area contributed by atoms with E-state index in [0.29, 0.717) is 17.9 Å². The van der Waals surface area contributed by atoms with Gasteiger partial charge in [-0.15, -0.1) is 11.6 Å². The third kappa shape index (κ3) is 4.59. The van der Waals surface area contributed by atoms with E-state index >= 15 is 0 Å². The molecule has 0 radical (unpaired) electrons. The van der Waals surface area contributed by atoms with Gasteiger partial charge in [0.05, 0.1) is 11.8 Å². The van der Waals surface area contributed by atoms with Crippen molar-refractivity contribution in [1.82, 2.24) is 10.0 Å². The van der Waals surface area contributed by atoms with Crippen LogP contribution in [0, 0.1) is 17.7 Å². The number of benzene rings is 2. The molecule has 2 aromatic carbocycles. The summed E-state index contributed by atoms with van der Waals surface area (Å²) in [6.45, 7) is 0. The first-order valence-corrected chi connectivity index (χ1v) is 12.1. The van der Waals surface area contributed by atoms with Crippen LogP contribution in [0.1, 0.15) is 52.8 Å². The number of hydrogen-bond acceptors (Lipinski definition) is 4. The molecule has 2 aromatic rings. The molecular weight excluding hydrogens is 482 g/mol. The first-order valence-electron chi connectivity index (χ1n) is 11.2. The van der Waals surface area contributed by atoms with E-state index in [9.17, 15) is 23.6 Å². The fraction of sp³-hybridized carbons (Fsp3) is 0.360. The molecule has 1 saturated carbocycles. The van der Waals surface area contributed by atoms with Crippen LogP contribution in [0.3, 0.4) is 0 Å². The summed E-state index contributed by atoms with van der Waals surface area (Å²) in [7, 11) is 0. The predicted octanol–water partition coefficient (Wildman–Crippen LogP) is 4.89. The first kappa shape index (κ1) is 24.4. The van der Waals surface area contributed by atoms with Crippen LogP contribution in [0.2, 0.25) is 5.02 Å². The van der Waals surface area contributed by atoms with Gasteiger partial charge in [0.1, 0.15) is 11.9 Å². The number of ketones is 1. The Morgan fingerprint density at radius 1 is 0.941 bits per heavy atom. The zero-order chi connectivity index (χ0) is 24.4. The van der Waals surface area contributed by atoms with E-state index in [1.165, 1.54) is 36.4 Å². The molecule has 34 heavy (non-hydrogen) atoms. The Morgan fingerprint density at radius 3 is 2.00 bits per heavy atom. The SMILES string of the molecule is O=C(c1ccc(F)cc1)[C@H](CCCl)N(C(=O)c1ccc(Cl)cc1)N1C(=O)[C@H]2CCCC[C@@H]2C1=O. The van der Waals surface area contributed by atoms with Gasteiger partial charge >= 0.3 is 0 Å². The molecule has 1 aliphatic heterocycles. The second-order valence-corrected chi connectivity index (χ2v) is 9.32. The molecular formula is C25H23Cl2FN2O4. The Labute approximate surface area is 206 Å². The fourth-order valence-corrected chi connectivity index (χ4v) is 5.06. The van der Waals surface area contributed by atoms with Gasteiger partial charge in [-0.05, 0) is 67.8 Å². The fourth-order valence-electron chi connectivity index (χ4n) is 4.73. The van der Waals surface area contributed by atoms with Crippen molar-refractivity contribution in [2.45, 2.75) is 38.1 Å². The lowest BCUT2D eigenvalue weighted by Gasteiger charge is -2.36. The van der Waals surface area contributed by atoms with Crippen molar-refractivity contribution in [3.63, 3.8) is 0 Å². The van der Waals surface area contributed by atoms with E-state index in [4.69, 9.17) is 23.2 Å². The number of nitrogens with zero attached hydrogens (tertiary/aromatic N) is 2. The van der Waals surface area contributed by atoms with Crippen LogP contribution in [-0.4, -0.2) is 45.4 Å². The lowest BCUT2D eigenvalue weighted by Crippen LogP contribution is -2.57. The van der Waals surface area contributed by atoms with Gasteiger partial charge in [0.15, 0.2) is 5.78 Å². The summed E-state index contributed by atoms with van der Waals surface area (Å²) in [5.41, 5.74) is 0.299. The Bertz CT molecular complexity index is 1080. The number of amides is 3. The number of carbonyl (C=O) groups is 4. The molecule has 0 aromatic heterocycles. The number of Topliss-reactive ketones (excluding diaryl/α,β-unsaturated/α-hetero) is 1. The average molecular weight is 505 g/mol. The van der Waals surface area contributed by atoms with Crippen LogP contribution < -0.4 is 0 Å². The number of alkyl halides is 1. The van der Waals surface area contributed by atoms with Crippen molar-refractivity contribution in [3.05, 3.63) is 70.5 Å². The molecule has 1 heterocycles. The molecule has 2 fully saturated rings. The maximum absolute atomic E-state index is 13.7. The van der Waals surface area contributed by atoms with Gasteiger partial charge in [0, 0.05) is 22.0 Å². The molecule has 3 atom stereocenters. The highest BCUT2D eigenvalue weighted by Crippen LogP contribution is 2.40. The first-order chi connectivity index (χ1) is 16.3. The summed E-state index contributed by atoms with van der Waals surface area (Å²) in [6.07, 6.45) is 2.74. The Kier molecular flexibility index (Phi) is 7.33. The van der Waals surface area contributed by atoms with Crippen LogP contribution in [-0.2, 0) is 9.59 Å². The molecule has 3 amide bonds. The van der Waals surface area contributed by atoms with E-state index < -0.39 is 47.2 Å². The zero-order valence-corrected chi connectivity index (χ0v) is 19.8. The highest BCUT2D eigenvalue weighted by Gasteiger charge is 2.53. The van der Waals surface area contributed by atoms with Gasteiger partial charge < -0.3 is 0 Å². The highest BCUT2D eigenvalue weighted by molar-refractivity contribution is 6.30. The van der Waals surface area contributed by atoms with Crippen molar-refractivity contribution in [3.8, 4) is 0 Å². The Balaban J connectivity index is 1.80. The van der Waals surface area contributed by atoms with E-state index in [2.05, 4.69) is 0 Å². The largest absolute Gasteiger partial charge is 0.292 e. The van der Waals surface area contributed by atoms with E-state index in [1.54, 1.807) is 0 Å². The molecule has 9 heteroatoms. The predicted molar refractivity (Wildman–Crippen MR) is 125 cm³/mol. The summed E-state index contributed by atoms with van der Waals surface area (Å²) in [5.74, 6) is -3.76. The van der Waals surface area contributed by atoms with Gasteiger partial charge in [-0.3, -0.25) is 19.2 Å². The Morgan fingerprint density at radius 2 is 1.47 bits per heavy atom. The molecule has 178 valence electrons. The molecule has 4 rings (SSSR count). The monoisotopic (exact) mass is 504 g/mol. The smallest absolute Gasteiger partial charge is 0.273 e. The number of fused-ring (bicyclic) bond motifs is 1. The van der Waals surface area contributed by atoms with Gasteiger partial charge in [-0.1, -0.05) is 24.4 Å². The minimum Gasteiger partial charge on any atom is -0.292 e. The van der Waals surface area contributed by atoms with Gasteiger partial charge in [-0.2, -0.15) is 5.01 Å². The minimum atomic E-state index is -1.24. The molecule has 0 N–H and O–H groups in total. The van der Waals surface area contributed by atoms with Gasteiger partial charge in [0.2, 0.25) is 0 Å². The van der Waals surface area contributed by atoms with Crippen molar-refractivity contribution in [2.24, 2.45) is 11.8 Å². The van der Waals surface area contributed by atoms with Crippen LogP contribution in [0.15, 0.2) is 48.5 Å². The van der Waals surface area contributed by atoms with E-state index in [-0.39, 0.29) is 23.4 Å². The molecule has 6 nitrogen and oxygen atoms in total. The number of carbonyl (C=O) groups excluding carboxylic acids is 4. The molecule has 0 bridgehead atoms. The summed E-state index contributed by atoms with van der Waals surface area (Å²) in [6, 6.07) is 9.60. The van der Waals surface area contributed by atoms with Crippen molar-refractivity contribution in [2.75, 3.05) is 5.88 Å². The molecule has 0 spiro atoms. The second-order valence-electron chi connectivity index (χ2n) is 8.51. The van der Waals surface area contributed by atoms with E-state index in [1.807, 2.05) is 0 Å². The topological polar surface area (TPSA) is 74.8 Å². The Hall–Kier alpha value is -2.77. The number of hydrogen-bond donors (Lipinski definition) is 0. The van der Waals surface area contributed by atoms with Crippen LogP contribution in [0.4, 0.5) is 4.39 Å². The molecule has 1 saturated heterocycles. The highest BCUT2D eigenvalue weighted by atomic mass is 35.5.